The molecule has 5 heteroatoms. The number of benzene rings is 1. The third-order valence-electron chi connectivity index (χ3n) is 3.51. The molecule has 0 N–H and O–H groups in total. The van der Waals surface area contributed by atoms with Crippen LogP contribution in [0, 0.1) is 0 Å². The van der Waals surface area contributed by atoms with E-state index in [9.17, 15) is 9.59 Å². The average Bonchev–Trinajstić information content (AvgIpc) is 2.61. The molecular formula is C15H20N2O3. The molecule has 1 fully saturated rings. The van der Waals surface area contributed by atoms with Crippen molar-refractivity contribution in [2.75, 3.05) is 40.3 Å². The number of amides is 1. The predicted octanol–water partition coefficient (Wildman–Crippen LogP) is 1.04. The van der Waals surface area contributed by atoms with Crippen molar-refractivity contribution in [1.82, 2.24) is 9.80 Å². The molecule has 108 valence electrons. The number of methoxy groups -OCH3 is 1. The minimum absolute atomic E-state index is 0.0150. The van der Waals surface area contributed by atoms with Gasteiger partial charge in [-0.1, -0.05) is 12.1 Å². The van der Waals surface area contributed by atoms with Gasteiger partial charge in [-0.15, -0.1) is 0 Å². The summed E-state index contributed by atoms with van der Waals surface area (Å²) >= 11 is 0. The summed E-state index contributed by atoms with van der Waals surface area (Å²) < 4.78 is 5.12. The molecule has 0 aromatic heterocycles. The van der Waals surface area contributed by atoms with Crippen LogP contribution in [0.1, 0.15) is 16.8 Å². The highest BCUT2D eigenvalue weighted by Crippen LogP contribution is 2.14. The minimum atomic E-state index is 0.0150. The fourth-order valence-electron chi connectivity index (χ4n) is 2.27. The van der Waals surface area contributed by atoms with E-state index in [1.807, 2.05) is 4.90 Å². The quantitative estimate of drug-likeness (QED) is 0.771. The number of likely N-dealkylation sites (N-methyl/N-ethyl adjacent to an activating group) is 1. The van der Waals surface area contributed by atoms with E-state index in [0.717, 1.165) is 19.5 Å². The van der Waals surface area contributed by atoms with Crippen molar-refractivity contribution in [3.05, 3.63) is 29.8 Å². The highest BCUT2D eigenvalue weighted by atomic mass is 16.5. The van der Waals surface area contributed by atoms with Crippen molar-refractivity contribution in [3.8, 4) is 5.75 Å². The Hall–Kier alpha value is -1.88. The average molecular weight is 276 g/mol. The highest BCUT2D eigenvalue weighted by molar-refractivity contribution is 5.98. The second-order valence-corrected chi connectivity index (χ2v) is 5.03. The lowest BCUT2D eigenvalue weighted by Crippen LogP contribution is -2.37. The fourth-order valence-corrected chi connectivity index (χ4v) is 2.27. The van der Waals surface area contributed by atoms with Crippen LogP contribution in [-0.4, -0.2) is 61.8 Å². The molecule has 20 heavy (non-hydrogen) atoms. The summed E-state index contributed by atoms with van der Waals surface area (Å²) in [5.74, 6) is 0.754. The molecule has 1 heterocycles. The van der Waals surface area contributed by atoms with Gasteiger partial charge in [-0.2, -0.15) is 0 Å². The van der Waals surface area contributed by atoms with E-state index in [0.29, 0.717) is 17.9 Å². The van der Waals surface area contributed by atoms with Crippen LogP contribution in [0.2, 0.25) is 0 Å². The Balaban J connectivity index is 2.01. The molecule has 1 aliphatic rings. The standard InChI is InChI=1S/C15H20N2O3/c1-16-7-4-8-17(11-15(16)19)10-14(18)12-5-3-6-13(9-12)20-2/h3,5-6,9H,4,7-8,10-11H2,1-2H3. The van der Waals surface area contributed by atoms with Crippen LogP contribution in [0.25, 0.3) is 0 Å². The monoisotopic (exact) mass is 276 g/mol. The van der Waals surface area contributed by atoms with Gasteiger partial charge in [-0.25, -0.2) is 0 Å². The number of nitrogens with zero attached hydrogens (tertiary/aromatic N) is 2. The first-order valence-corrected chi connectivity index (χ1v) is 6.73. The lowest BCUT2D eigenvalue weighted by molar-refractivity contribution is -0.129. The van der Waals surface area contributed by atoms with Gasteiger partial charge in [0.15, 0.2) is 5.78 Å². The largest absolute Gasteiger partial charge is 0.497 e. The molecule has 1 aliphatic heterocycles. The molecule has 0 saturated carbocycles. The topological polar surface area (TPSA) is 49.9 Å². The third kappa shape index (κ3) is 3.57. The molecule has 5 nitrogen and oxygen atoms in total. The lowest BCUT2D eigenvalue weighted by Gasteiger charge is -2.18. The van der Waals surface area contributed by atoms with E-state index >= 15 is 0 Å². The van der Waals surface area contributed by atoms with E-state index < -0.39 is 0 Å². The van der Waals surface area contributed by atoms with Gasteiger partial charge < -0.3 is 9.64 Å². The summed E-state index contributed by atoms with van der Waals surface area (Å²) in [4.78, 5) is 27.7. The number of ketones is 1. The summed E-state index contributed by atoms with van der Waals surface area (Å²) in [6, 6.07) is 7.11. The zero-order valence-corrected chi connectivity index (χ0v) is 12.0. The van der Waals surface area contributed by atoms with Crippen LogP contribution >= 0.6 is 0 Å². The number of carbonyl (C=O) groups excluding carboxylic acids is 2. The number of Topliss-reactive ketones (excluding diaryl/α,β-unsaturated/α-hetero) is 1. The number of ether oxygens (including phenoxy) is 1. The molecule has 2 rings (SSSR count). The Morgan fingerprint density at radius 2 is 2.15 bits per heavy atom. The van der Waals surface area contributed by atoms with E-state index in [-0.39, 0.29) is 18.2 Å². The van der Waals surface area contributed by atoms with Gasteiger partial charge in [0.1, 0.15) is 5.75 Å². The molecule has 0 radical (unpaired) electrons. The summed E-state index contributed by atoms with van der Waals surface area (Å²) in [5, 5.41) is 0. The first-order valence-electron chi connectivity index (χ1n) is 6.73. The van der Waals surface area contributed by atoms with E-state index in [2.05, 4.69) is 0 Å². The second-order valence-electron chi connectivity index (χ2n) is 5.03. The third-order valence-corrected chi connectivity index (χ3v) is 3.51. The second kappa shape index (κ2) is 6.52. The van der Waals surface area contributed by atoms with Crippen molar-refractivity contribution < 1.29 is 14.3 Å². The van der Waals surface area contributed by atoms with Gasteiger partial charge in [0, 0.05) is 25.7 Å². The summed E-state index contributed by atoms with van der Waals surface area (Å²) in [6.45, 7) is 2.10. The van der Waals surface area contributed by atoms with E-state index in [4.69, 9.17) is 4.74 Å². The molecule has 0 bridgehead atoms. The molecule has 1 saturated heterocycles. The number of hydrogen-bond acceptors (Lipinski definition) is 4. The SMILES string of the molecule is COc1cccc(C(=O)CN2CCCN(C)C(=O)C2)c1. The van der Waals surface area contributed by atoms with Crippen molar-refractivity contribution >= 4 is 11.7 Å². The summed E-state index contributed by atoms with van der Waals surface area (Å²) in [7, 11) is 3.38. The van der Waals surface area contributed by atoms with Gasteiger partial charge >= 0.3 is 0 Å². The molecular weight excluding hydrogens is 256 g/mol. The molecule has 0 unspecified atom stereocenters. The van der Waals surface area contributed by atoms with E-state index in [1.165, 1.54) is 0 Å². The van der Waals surface area contributed by atoms with Crippen molar-refractivity contribution in [1.29, 1.82) is 0 Å². The lowest BCUT2D eigenvalue weighted by atomic mass is 10.1. The number of carbonyl (C=O) groups is 2. The van der Waals surface area contributed by atoms with Crippen LogP contribution in [0.15, 0.2) is 24.3 Å². The fraction of sp³-hybridized carbons (Fsp3) is 0.467. The van der Waals surface area contributed by atoms with E-state index in [1.54, 1.807) is 43.3 Å². The molecule has 1 aromatic carbocycles. The molecule has 0 atom stereocenters. The van der Waals surface area contributed by atoms with Crippen LogP contribution < -0.4 is 4.74 Å². The maximum Gasteiger partial charge on any atom is 0.236 e. The maximum absolute atomic E-state index is 12.3. The Labute approximate surface area is 119 Å². The zero-order valence-electron chi connectivity index (χ0n) is 12.0. The van der Waals surface area contributed by atoms with Crippen molar-refractivity contribution in [2.24, 2.45) is 0 Å². The van der Waals surface area contributed by atoms with Gasteiger partial charge in [0.2, 0.25) is 5.91 Å². The normalized spacial score (nSPS) is 16.9. The van der Waals surface area contributed by atoms with Gasteiger partial charge in [0.05, 0.1) is 20.2 Å². The van der Waals surface area contributed by atoms with Crippen LogP contribution in [0.4, 0.5) is 0 Å². The predicted molar refractivity (Wildman–Crippen MR) is 76.0 cm³/mol. The van der Waals surface area contributed by atoms with Gasteiger partial charge in [0.25, 0.3) is 0 Å². The Bertz CT molecular complexity index is 502. The molecule has 0 spiro atoms. The summed E-state index contributed by atoms with van der Waals surface area (Å²) in [6.07, 6.45) is 0.896. The molecule has 0 aliphatic carbocycles. The van der Waals surface area contributed by atoms with Crippen LogP contribution in [-0.2, 0) is 4.79 Å². The molecule has 1 aromatic rings. The van der Waals surface area contributed by atoms with Crippen molar-refractivity contribution in [3.63, 3.8) is 0 Å². The highest BCUT2D eigenvalue weighted by Gasteiger charge is 2.21. The molecule has 1 amide bonds. The number of rotatable bonds is 4. The van der Waals surface area contributed by atoms with Gasteiger partial charge in [-0.3, -0.25) is 14.5 Å². The smallest absolute Gasteiger partial charge is 0.236 e. The maximum atomic E-state index is 12.3. The Morgan fingerprint density at radius 1 is 1.35 bits per heavy atom. The Kier molecular flexibility index (Phi) is 4.74. The number of hydrogen-bond donors (Lipinski definition) is 0. The Morgan fingerprint density at radius 3 is 2.90 bits per heavy atom. The van der Waals surface area contributed by atoms with Gasteiger partial charge in [-0.05, 0) is 18.6 Å². The minimum Gasteiger partial charge on any atom is -0.497 e. The zero-order chi connectivity index (χ0) is 14.5. The van der Waals surface area contributed by atoms with Crippen LogP contribution in [0.3, 0.4) is 0 Å². The summed E-state index contributed by atoms with van der Waals surface area (Å²) in [5.41, 5.74) is 0.620. The van der Waals surface area contributed by atoms with Crippen LogP contribution in [0.5, 0.6) is 5.75 Å². The van der Waals surface area contributed by atoms with Crippen molar-refractivity contribution in [2.45, 2.75) is 6.42 Å². The first kappa shape index (κ1) is 14.5. The first-order chi connectivity index (χ1) is 9.60.